The van der Waals surface area contributed by atoms with E-state index in [0.29, 0.717) is 12.3 Å². The van der Waals surface area contributed by atoms with Crippen molar-refractivity contribution in [1.82, 2.24) is 10.3 Å². The normalized spacial score (nSPS) is 12.5. The van der Waals surface area contributed by atoms with Crippen LogP contribution in [0, 0.1) is 13.8 Å². The van der Waals surface area contributed by atoms with Gasteiger partial charge in [0, 0.05) is 53.2 Å². The predicted octanol–water partition coefficient (Wildman–Crippen LogP) is 1.18. The van der Waals surface area contributed by atoms with E-state index < -0.39 is 10.8 Å². The number of aromatic nitrogens is 1. The van der Waals surface area contributed by atoms with Gasteiger partial charge in [-0.1, -0.05) is 0 Å². The Morgan fingerprint density at radius 3 is 2.76 bits per heavy atom. The SMILES string of the molecule is COc1c(C)cnc(CNCCS(C)=O)c1C. The monoisotopic (exact) mass is 256 g/mol. The Hall–Kier alpha value is -0.940. The molecule has 0 saturated carbocycles. The van der Waals surface area contributed by atoms with Gasteiger partial charge in [0.2, 0.25) is 0 Å². The van der Waals surface area contributed by atoms with Gasteiger partial charge in [0.25, 0.3) is 0 Å². The molecule has 1 heterocycles. The quantitative estimate of drug-likeness (QED) is 0.776. The second-order valence-corrected chi connectivity index (χ2v) is 5.55. The van der Waals surface area contributed by atoms with Gasteiger partial charge in [0.1, 0.15) is 5.75 Å². The zero-order valence-corrected chi connectivity index (χ0v) is 11.7. The maximum absolute atomic E-state index is 10.9. The van der Waals surface area contributed by atoms with Crippen molar-refractivity contribution in [3.05, 3.63) is 23.0 Å². The summed E-state index contributed by atoms with van der Waals surface area (Å²) in [5.74, 6) is 1.57. The first kappa shape index (κ1) is 14.1. The molecule has 1 atom stereocenters. The summed E-state index contributed by atoms with van der Waals surface area (Å²) in [6.07, 6.45) is 3.53. The molecule has 1 rings (SSSR count). The van der Waals surface area contributed by atoms with Gasteiger partial charge in [-0.05, 0) is 13.8 Å². The number of methoxy groups -OCH3 is 1. The second kappa shape index (κ2) is 6.71. The van der Waals surface area contributed by atoms with Gasteiger partial charge in [0.05, 0.1) is 12.8 Å². The minimum atomic E-state index is -0.746. The highest BCUT2D eigenvalue weighted by Gasteiger charge is 2.08. The van der Waals surface area contributed by atoms with Crippen molar-refractivity contribution in [3.8, 4) is 5.75 Å². The van der Waals surface area contributed by atoms with Gasteiger partial charge >= 0.3 is 0 Å². The first-order valence-corrected chi connectivity index (χ1v) is 7.28. The summed E-state index contributed by atoms with van der Waals surface area (Å²) in [7, 11) is 0.927. The van der Waals surface area contributed by atoms with E-state index in [0.717, 1.165) is 29.1 Å². The lowest BCUT2D eigenvalue weighted by Crippen LogP contribution is -2.21. The zero-order chi connectivity index (χ0) is 12.8. The summed E-state index contributed by atoms with van der Waals surface area (Å²) in [5, 5.41) is 3.23. The summed E-state index contributed by atoms with van der Waals surface area (Å²) < 4.78 is 16.2. The Morgan fingerprint density at radius 2 is 2.18 bits per heavy atom. The Bertz CT molecular complexity index is 408. The van der Waals surface area contributed by atoms with Crippen molar-refractivity contribution in [1.29, 1.82) is 0 Å². The molecule has 0 aliphatic rings. The third kappa shape index (κ3) is 4.09. The lowest BCUT2D eigenvalue weighted by molar-refractivity contribution is 0.406. The van der Waals surface area contributed by atoms with E-state index in [4.69, 9.17) is 4.74 Å². The van der Waals surface area contributed by atoms with Crippen molar-refractivity contribution in [2.45, 2.75) is 20.4 Å². The summed E-state index contributed by atoms with van der Waals surface area (Å²) in [4.78, 5) is 4.38. The minimum absolute atomic E-state index is 0.669. The Kier molecular flexibility index (Phi) is 5.58. The molecule has 1 unspecified atom stereocenters. The first-order chi connectivity index (χ1) is 8.06. The van der Waals surface area contributed by atoms with E-state index in [-0.39, 0.29) is 0 Å². The van der Waals surface area contributed by atoms with E-state index in [1.165, 1.54) is 0 Å². The molecule has 0 aliphatic heterocycles. The number of aryl methyl sites for hydroxylation is 1. The Labute approximate surface area is 105 Å². The molecule has 0 amide bonds. The van der Waals surface area contributed by atoms with Crippen molar-refractivity contribution >= 4 is 10.8 Å². The summed E-state index contributed by atoms with van der Waals surface area (Å²) in [5.41, 5.74) is 3.09. The summed E-state index contributed by atoms with van der Waals surface area (Å²) >= 11 is 0. The van der Waals surface area contributed by atoms with Crippen molar-refractivity contribution in [2.75, 3.05) is 25.7 Å². The van der Waals surface area contributed by atoms with Crippen molar-refractivity contribution in [3.63, 3.8) is 0 Å². The fraction of sp³-hybridized carbons (Fsp3) is 0.583. The molecule has 0 spiro atoms. The van der Waals surface area contributed by atoms with Crippen LogP contribution in [-0.4, -0.2) is 34.9 Å². The summed E-state index contributed by atoms with van der Waals surface area (Å²) in [6.45, 7) is 5.41. The van der Waals surface area contributed by atoms with E-state index in [1.807, 2.05) is 20.0 Å². The largest absolute Gasteiger partial charge is 0.496 e. The molecule has 0 aromatic carbocycles. The molecule has 96 valence electrons. The van der Waals surface area contributed by atoms with E-state index in [9.17, 15) is 4.21 Å². The molecule has 1 N–H and O–H groups in total. The minimum Gasteiger partial charge on any atom is -0.496 e. The third-order valence-corrected chi connectivity index (χ3v) is 3.39. The second-order valence-electron chi connectivity index (χ2n) is 4.00. The predicted molar refractivity (Wildman–Crippen MR) is 70.9 cm³/mol. The van der Waals surface area contributed by atoms with E-state index in [1.54, 1.807) is 13.4 Å². The van der Waals surface area contributed by atoms with Crippen molar-refractivity contribution < 1.29 is 8.95 Å². The number of hydrogen-bond acceptors (Lipinski definition) is 4. The smallest absolute Gasteiger partial charge is 0.128 e. The molecule has 0 fully saturated rings. The number of nitrogens with one attached hydrogen (secondary N) is 1. The molecule has 0 bridgehead atoms. The van der Waals surface area contributed by atoms with E-state index >= 15 is 0 Å². The molecular formula is C12H20N2O2S. The van der Waals surface area contributed by atoms with E-state index in [2.05, 4.69) is 10.3 Å². The van der Waals surface area contributed by atoms with Crippen LogP contribution in [0.5, 0.6) is 5.75 Å². The molecule has 0 saturated heterocycles. The molecule has 1 aromatic heterocycles. The third-order valence-electron chi connectivity index (χ3n) is 2.61. The number of nitrogens with zero attached hydrogens (tertiary/aromatic N) is 1. The van der Waals surface area contributed by atoms with Crippen LogP contribution in [0.4, 0.5) is 0 Å². The van der Waals surface area contributed by atoms with Crippen LogP contribution in [0.2, 0.25) is 0 Å². The molecule has 0 radical (unpaired) electrons. The Morgan fingerprint density at radius 1 is 1.47 bits per heavy atom. The number of ether oxygens (including phenoxy) is 1. The van der Waals surface area contributed by atoms with Gasteiger partial charge in [0.15, 0.2) is 0 Å². The maximum atomic E-state index is 10.9. The lowest BCUT2D eigenvalue weighted by Gasteiger charge is -2.12. The molecule has 4 nitrogen and oxygen atoms in total. The standard InChI is InChI=1S/C12H20N2O2S/c1-9-7-14-11(10(2)12(9)16-3)8-13-5-6-17(4)15/h7,13H,5-6,8H2,1-4H3. The first-order valence-electron chi connectivity index (χ1n) is 5.56. The fourth-order valence-corrected chi connectivity index (χ4v) is 2.10. The molecule has 0 aliphatic carbocycles. The maximum Gasteiger partial charge on any atom is 0.128 e. The van der Waals surface area contributed by atoms with Crippen LogP contribution in [0.1, 0.15) is 16.8 Å². The average Bonchev–Trinajstić information content (AvgIpc) is 2.27. The molecule has 17 heavy (non-hydrogen) atoms. The van der Waals surface area contributed by atoms with Gasteiger partial charge in [-0.2, -0.15) is 0 Å². The number of pyridine rings is 1. The van der Waals surface area contributed by atoms with Gasteiger partial charge in [-0.15, -0.1) is 0 Å². The fourth-order valence-electron chi connectivity index (χ4n) is 1.67. The number of rotatable bonds is 6. The highest BCUT2D eigenvalue weighted by atomic mass is 32.2. The molecule has 5 heteroatoms. The Balaban J connectivity index is 2.63. The van der Waals surface area contributed by atoms with Crippen LogP contribution in [-0.2, 0) is 17.3 Å². The number of hydrogen-bond donors (Lipinski definition) is 1. The summed E-state index contributed by atoms with van der Waals surface area (Å²) in [6, 6.07) is 0. The van der Waals surface area contributed by atoms with Crippen LogP contribution in [0.25, 0.3) is 0 Å². The highest BCUT2D eigenvalue weighted by molar-refractivity contribution is 7.84. The van der Waals surface area contributed by atoms with Crippen LogP contribution in [0.3, 0.4) is 0 Å². The van der Waals surface area contributed by atoms with Crippen LogP contribution < -0.4 is 10.1 Å². The lowest BCUT2D eigenvalue weighted by atomic mass is 10.1. The topological polar surface area (TPSA) is 51.2 Å². The molecular weight excluding hydrogens is 236 g/mol. The highest BCUT2D eigenvalue weighted by Crippen LogP contribution is 2.23. The van der Waals surface area contributed by atoms with Gasteiger partial charge in [-0.3, -0.25) is 9.19 Å². The van der Waals surface area contributed by atoms with Gasteiger partial charge in [-0.25, -0.2) is 0 Å². The average molecular weight is 256 g/mol. The van der Waals surface area contributed by atoms with Crippen LogP contribution in [0.15, 0.2) is 6.20 Å². The van der Waals surface area contributed by atoms with Crippen molar-refractivity contribution in [2.24, 2.45) is 0 Å². The zero-order valence-electron chi connectivity index (χ0n) is 10.9. The molecule has 1 aromatic rings. The van der Waals surface area contributed by atoms with Crippen LogP contribution >= 0.6 is 0 Å². The van der Waals surface area contributed by atoms with Gasteiger partial charge < -0.3 is 10.1 Å².